The summed E-state index contributed by atoms with van der Waals surface area (Å²) >= 11 is 1.17. The van der Waals surface area contributed by atoms with Gasteiger partial charge in [0.1, 0.15) is 5.82 Å². The molecular weight excluding hydrogens is 420 g/mol. The average molecular weight is 442 g/mol. The minimum absolute atomic E-state index is 0.0301. The van der Waals surface area contributed by atoms with Crippen molar-refractivity contribution in [2.45, 2.75) is 27.2 Å². The molecule has 0 spiro atoms. The molecule has 0 saturated heterocycles. The summed E-state index contributed by atoms with van der Waals surface area (Å²) in [5, 5.41) is 4.51. The van der Waals surface area contributed by atoms with Gasteiger partial charge >= 0.3 is 11.9 Å². The van der Waals surface area contributed by atoms with Crippen LogP contribution in [0.25, 0.3) is 11.4 Å². The fraction of sp³-hybridized carbons (Fsp3) is 0.286. The number of amides is 1. The van der Waals surface area contributed by atoms with Gasteiger partial charge in [0.15, 0.2) is 11.7 Å². The summed E-state index contributed by atoms with van der Waals surface area (Å²) in [6.07, 6.45) is 0.0301. The number of hydrogen-bond donors (Lipinski definition) is 2. The van der Waals surface area contributed by atoms with Gasteiger partial charge in [-0.25, -0.2) is 14.8 Å². The van der Waals surface area contributed by atoms with Crippen molar-refractivity contribution in [1.29, 1.82) is 0 Å². The minimum Gasteiger partial charge on any atom is -0.466 e. The Labute approximate surface area is 182 Å². The smallest absolute Gasteiger partial charge is 0.338 e. The van der Waals surface area contributed by atoms with Crippen LogP contribution in [-0.4, -0.2) is 46.0 Å². The number of benzene rings is 1. The number of imidazole rings is 1. The van der Waals surface area contributed by atoms with Gasteiger partial charge in [-0.2, -0.15) is 0 Å². The van der Waals surface area contributed by atoms with Gasteiger partial charge in [0.2, 0.25) is 0 Å². The molecule has 2 heterocycles. The topological polar surface area (TPSA) is 123 Å². The Morgan fingerprint density at radius 1 is 1.10 bits per heavy atom. The van der Waals surface area contributed by atoms with Crippen molar-refractivity contribution in [3.63, 3.8) is 0 Å². The van der Waals surface area contributed by atoms with Crippen LogP contribution >= 0.6 is 11.3 Å². The van der Waals surface area contributed by atoms with Crippen LogP contribution in [0.5, 0.6) is 0 Å². The van der Waals surface area contributed by atoms with Crippen LogP contribution in [0, 0.1) is 13.8 Å². The first kappa shape index (κ1) is 22.2. The van der Waals surface area contributed by atoms with Crippen molar-refractivity contribution in [2.75, 3.05) is 18.5 Å². The monoisotopic (exact) mass is 442 g/mol. The van der Waals surface area contributed by atoms with Crippen molar-refractivity contribution in [3.8, 4) is 11.4 Å². The lowest BCUT2D eigenvalue weighted by Gasteiger charge is -2.05. The quantitative estimate of drug-likeness (QED) is 0.514. The standard InChI is InChI=1S/C21H22N4O5S/c1-4-29-18(27)9-16-11-31-21(24-16)25-17(26)10-30-20(28)15-7-5-14(6-8-15)19-22-12(2)13(3)23-19/h5-8,11H,4,9-10H2,1-3H3,(H,22,23)(H,24,25,26). The molecule has 2 N–H and O–H groups in total. The molecule has 1 amide bonds. The maximum Gasteiger partial charge on any atom is 0.338 e. The molecule has 0 atom stereocenters. The number of nitrogens with one attached hydrogen (secondary N) is 2. The number of aromatic amines is 1. The first-order valence-electron chi connectivity index (χ1n) is 9.56. The molecule has 0 aliphatic rings. The number of carbonyl (C=O) groups excluding carboxylic acids is 3. The number of aryl methyl sites for hydroxylation is 2. The highest BCUT2D eigenvalue weighted by molar-refractivity contribution is 7.13. The van der Waals surface area contributed by atoms with Gasteiger partial charge in [-0.15, -0.1) is 11.3 Å². The molecule has 3 aromatic rings. The van der Waals surface area contributed by atoms with Crippen LogP contribution in [0.4, 0.5) is 5.13 Å². The number of rotatable bonds is 8. The molecule has 1 aromatic carbocycles. The summed E-state index contributed by atoms with van der Waals surface area (Å²) in [6.45, 7) is 5.42. The third-order valence-electron chi connectivity index (χ3n) is 4.29. The van der Waals surface area contributed by atoms with Crippen molar-refractivity contribution < 1.29 is 23.9 Å². The van der Waals surface area contributed by atoms with Crippen LogP contribution in [0.3, 0.4) is 0 Å². The first-order chi connectivity index (χ1) is 14.9. The van der Waals surface area contributed by atoms with Gasteiger partial charge in [0.05, 0.1) is 30.0 Å². The molecule has 3 rings (SSSR count). The molecule has 10 heteroatoms. The van der Waals surface area contributed by atoms with E-state index in [9.17, 15) is 14.4 Å². The van der Waals surface area contributed by atoms with E-state index < -0.39 is 18.5 Å². The zero-order chi connectivity index (χ0) is 22.4. The lowest BCUT2D eigenvalue weighted by molar-refractivity contribution is -0.142. The van der Waals surface area contributed by atoms with Crippen LogP contribution in [0.1, 0.15) is 34.4 Å². The van der Waals surface area contributed by atoms with E-state index in [2.05, 4.69) is 20.3 Å². The average Bonchev–Trinajstić information content (AvgIpc) is 3.32. The number of esters is 2. The van der Waals surface area contributed by atoms with Crippen molar-refractivity contribution in [1.82, 2.24) is 15.0 Å². The number of anilines is 1. The molecule has 2 aromatic heterocycles. The number of hydrogen-bond acceptors (Lipinski definition) is 8. The molecule has 9 nitrogen and oxygen atoms in total. The fourth-order valence-corrected chi connectivity index (χ4v) is 3.35. The van der Waals surface area contributed by atoms with Crippen LogP contribution in [-0.2, 0) is 25.5 Å². The Hall–Kier alpha value is -3.53. The lowest BCUT2D eigenvalue weighted by Crippen LogP contribution is -2.21. The fourth-order valence-electron chi connectivity index (χ4n) is 2.62. The van der Waals surface area contributed by atoms with Gasteiger partial charge in [0, 0.05) is 16.6 Å². The molecule has 162 valence electrons. The Morgan fingerprint density at radius 3 is 2.48 bits per heavy atom. The highest BCUT2D eigenvalue weighted by Crippen LogP contribution is 2.19. The highest BCUT2D eigenvalue weighted by Gasteiger charge is 2.14. The van der Waals surface area contributed by atoms with Crippen molar-refractivity contribution in [2.24, 2.45) is 0 Å². The van der Waals surface area contributed by atoms with E-state index >= 15 is 0 Å². The van der Waals surface area contributed by atoms with Crippen molar-refractivity contribution in [3.05, 3.63) is 52.3 Å². The van der Waals surface area contributed by atoms with Gasteiger partial charge in [-0.05, 0) is 32.9 Å². The number of nitrogens with zero attached hydrogens (tertiary/aromatic N) is 2. The zero-order valence-corrected chi connectivity index (χ0v) is 18.2. The molecule has 0 aliphatic carbocycles. The molecule has 31 heavy (non-hydrogen) atoms. The van der Waals surface area contributed by atoms with E-state index in [1.54, 1.807) is 36.6 Å². The minimum atomic E-state index is -0.615. The molecule has 0 saturated carbocycles. The number of ether oxygens (including phenoxy) is 2. The number of aromatic nitrogens is 3. The van der Waals surface area contributed by atoms with Gasteiger partial charge in [-0.3, -0.25) is 14.9 Å². The Bertz CT molecular complexity index is 1070. The maximum absolute atomic E-state index is 12.2. The van der Waals surface area contributed by atoms with Gasteiger partial charge in [-0.1, -0.05) is 12.1 Å². The van der Waals surface area contributed by atoms with Gasteiger partial charge < -0.3 is 14.5 Å². The van der Waals surface area contributed by atoms with Crippen molar-refractivity contribution >= 4 is 34.3 Å². The second-order valence-electron chi connectivity index (χ2n) is 6.62. The van der Waals surface area contributed by atoms with E-state index in [0.29, 0.717) is 23.0 Å². The van der Waals surface area contributed by atoms with Crippen LogP contribution in [0.15, 0.2) is 29.6 Å². The second kappa shape index (κ2) is 9.98. The Morgan fingerprint density at radius 2 is 1.84 bits per heavy atom. The molecule has 0 aliphatic heterocycles. The van der Waals surface area contributed by atoms with E-state index in [1.807, 2.05) is 13.8 Å². The van der Waals surface area contributed by atoms with Gasteiger partial charge in [0.25, 0.3) is 5.91 Å². The summed E-state index contributed by atoms with van der Waals surface area (Å²) in [6, 6.07) is 6.75. The molecule has 0 radical (unpaired) electrons. The normalized spacial score (nSPS) is 10.5. The zero-order valence-electron chi connectivity index (χ0n) is 17.4. The third-order valence-corrected chi connectivity index (χ3v) is 5.09. The first-order valence-corrected chi connectivity index (χ1v) is 10.4. The number of thiazole rings is 1. The van der Waals surface area contributed by atoms with E-state index in [0.717, 1.165) is 22.8 Å². The molecule has 0 bridgehead atoms. The predicted octanol–water partition coefficient (Wildman–Crippen LogP) is 3.05. The summed E-state index contributed by atoms with van der Waals surface area (Å²) in [5.74, 6) is -0.804. The molecule has 0 fully saturated rings. The van der Waals surface area contributed by atoms with E-state index in [-0.39, 0.29) is 12.4 Å². The number of H-pyrrole nitrogens is 1. The molecule has 0 unspecified atom stereocenters. The predicted molar refractivity (Wildman–Crippen MR) is 115 cm³/mol. The van der Waals surface area contributed by atoms with Crippen LogP contribution < -0.4 is 5.32 Å². The molecular formula is C21H22N4O5S. The third kappa shape index (κ3) is 5.98. The highest BCUT2D eigenvalue weighted by atomic mass is 32.1. The summed E-state index contributed by atoms with van der Waals surface area (Å²) in [5.41, 5.74) is 3.56. The maximum atomic E-state index is 12.2. The largest absolute Gasteiger partial charge is 0.466 e. The SMILES string of the molecule is CCOC(=O)Cc1csc(NC(=O)COC(=O)c2ccc(-c3nc(C)c(C)[nH]3)cc2)n1. The number of carbonyl (C=O) groups is 3. The van der Waals surface area contributed by atoms with Crippen LogP contribution in [0.2, 0.25) is 0 Å². The lowest BCUT2D eigenvalue weighted by atomic mass is 10.1. The summed E-state index contributed by atoms with van der Waals surface area (Å²) in [4.78, 5) is 47.4. The Kier molecular flexibility index (Phi) is 7.14. The van der Waals surface area contributed by atoms with E-state index in [4.69, 9.17) is 9.47 Å². The second-order valence-corrected chi connectivity index (χ2v) is 7.48. The summed E-state index contributed by atoms with van der Waals surface area (Å²) in [7, 11) is 0. The summed E-state index contributed by atoms with van der Waals surface area (Å²) < 4.78 is 9.92. The van der Waals surface area contributed by atoms with E-state index in [1.165, 1.54) is 11.3 Å². The Balaban J connectivity index is 1.49.